The number of anilines is 2. The fourth-order valence-corrected chi connectivity index (χ4v) is 2.97. The van der Waals surface area contributed by atoms with E-state index in [0.29, 0.717) is 6.04 Å². The van der Waals surface area contributed by atoms with Crippen molar-refractivity contribution in [3.05, 3.63) is 18.2 Å². The molecule has 20 heavy (non-hydrogen) atoms. The Balaban J connectivity index is 2.11. The van der Waals surface area contributed by atoms with E-state index in [2.05, 4.69) is 31.0 Å². The summed E-state index contributed by atoms with van der Waals surface area (Å²) in [5, 5.41) is 0. The van der Waals surface area contributed by atoms with Gasteiger partial charge in [-0.3, -0.25) is 0 Å². The molecular formula is C17H28N2O. The number of hydrogen-bond donors (Lipinski definition) is 1. The lowest BCUT2D eigenvalue weighted by atomic mass is 10.1. The second-order valence-electron chi connectivity index (χ2n) is 5.87. The number of hydrogen-bond acceptors (Lipinski definition) is 3. The first-order valence-electron chi connectivity index (χ1n) is 7.97. The summed E-state index contributed by atoms with van der Waals surface area (Å²) >= 11 is 0. The van der Waals surface area contributed by atoms with Crippen LogP contribution in [0.3, 0.4) is 0 Å². The Morgan fingerprint density at radius 1 is 1.15 bits per heavy atom. The molecule has 1 aromatic rings. The number of benzene rings is 1. The maximum absolute atomic E-state index is 6.02. The van der Waals surface area contributed by atoms with Crippen molar-refractivity contribution in [1.29, 1.82) is 0 Å². The summed E-state index contributed by atoms with van der Waals surface area (Å²) in [7, 11) is 2.19. The van der Waals surface area contributed by atoms with Crippen LogP contribution in [-0.2, 0) is 0 Å². The van der Waals surface area contributed by atoms with Crippen LogP contribution < -0.4 is 15.4 Å². The van der Waals surface area contributed by atoms with E-state index < -0.39 is 0 Å². The molecule has 2 rings (SSSR count). The van der Waals surface area contributed by atoms with Gasteiger partial charge in [-0.1, -0.05) is 32.6 Å². The number of nitrogen functional groups attached to an aromatic ring is 1. The SMILES string of the molecule is CCCOc1cc(N)cc(N(C)C2CCCCCC2)c1. The number of ether oxygens (including phenoxy) is 1. The topological polar surface area (TPSA) is 38.5 Å². The smallest absolute Gasteiger partial charge is 0.123 e. The van der Waals surface area contributed by atoms with Gasteiger partial charge in [-0.25, -0.2) is 0 Å². The van der Waals surface area contributed by atoms with Crippen LogP contribution in [0.15, 0.2) is 18.2 Å². The molecule has 1 aliphatic carbocycles. The van der Waals surface area contributed by atoms with Gasteiger partial charge in [-0.05, 0) is 25.3 Å². The first kappa shape index (κ1) is 15.0. The first-order chi connectivity index (χ1) is 9.70. The molecule has 1 fully saturated rings. The van der Waals surface area contributed by atoms with Crippen LogP contribution in [0.4, 0.5) is 11.4 Å². The van der Waals surface area contributed by atoms with Gasteiger partial charge < -0.3 is 15.4 Å². The maximum Gasteiger partial charge on any atom is 0.123 e. The zero-order valence-corrected chi connectivity index (χ0v) is 12.9. The fraction of sp³-hybridized carbons (Fsp3) is 0.647. The van der Waals surface area contributed by atoms with Gasteiger partial charge in [0.25, 0.3) is 0 Å². The lowest BCUT2D eigenvalue weighted by molar-refractivity contribution is 0.317. The molecule has 0 amide bonds. The average molecular weight is 276 g/mol. The number of nitrogens with zero attached hydrogens (tertiary/aromatic N) is 1. The van der Waals surface area contributed by atoms with Crippen LogP contribution in [0.2, 0.25) is 0 Å². The lowest BCUT2D eigenvalue weighted by Crippen LogP contribution is -2.31. The fourth-order valence-electron chi connectivity index (χ4n) is 2.97. The molecular weight excluding hydrogens is 248 g/mol. The van der Waals surface area contributed by atoms with E-state index in [9.17, 15) is 0 Å². The highest BCUT2D eigenvalue weighted by atomic mass is 16.5. The molecule has 0 radical (unpaired) electrons. The van der Waals surface area contributed by atoms with E-state index in [1.807, 2.05) is 6.07 Å². The van der Waals surface area contributed by atoms with Gasteiger partial charge in [-0.15, -0.1) is 0 Å². The van der Waals surface area contributed by atoms with Crippen molar-refractivity contribution in [3.63, 3.8) is 0 Å². The third-order valence-electron chi connectivity index (χ3n) is 4.17. The summed E-state index contributed by atoms with van der Waals surface area (Å²) in [6.45, 7) is 2.86. The van der Waals surface area contributed by atoms with Crippen LogP contribution in [0, 0.1) is 0 Å². The number of nitrogens with two attached hydrogens (primary N) is 1. The van der Waals surface area contributed by atoms with E-state index in [4.69, 9.17) is 10.5 Å². The van der Waals surface area contributed by atoms with Gasteiger partial charge >= 0.3 is 0 Å². The standard InChI is InChI=1S/C17H28N2O/c1-3-10-20-17-12-14(18)11-16(13-17)19(2)15-8-6-4-5-7-9-15/h11-13,15H,3-10,18H2,1-2H3. The molecule has 0 heterocycles. The largest absolute Gasteiger partial charge is 0.493 e. The maximum atomic E-state index is 6.02. The summed E-state index contributed by atoms with van der Waals surface area (Å²) in [5.74, 6) is 0.891. The molecule has 0 aliphatic heterocycles. The van der Waals surface area contributed by atoms with E-state index in [-0.39, 0.29) is 0 Å². The lowest BCUT2D eigenvalue weighted by Gasteiger charge is -2.29. The monoisotopic (exact) mass is 276 g/mol. The molecule has 112 valence electrons. The second-order valence-corrected chi connectivity index (χ2v) is 5.87. The molecule has 1 aromatic carbocycles. The predicted molar refractivity (Wildman–Crippen MR) is 86.5 cm³/mol. The first-order valence-corrected chi connectivity index (χ1v) is 7.97. The quantitative estimate of drug-likeness (QED) is 0.646. The van der Waals surface area contributed by atoms with Crippen molar-refractivity contribution in [1.82, 2.24) is 0 Å². The van der Waals surface area contributed by atoms with E-state index in [1.54, 1.807) is 0 Å². The van der Waals surface area contributed by atoms with E-state index in [0.717, 1.165) is 24.5 Å². The van der Waals surface area contributed by atoms with Crippen molar-refractivity contribution in [3.8, 4) is 5.75 Å². The Labute approximate surface area is 123 Å². The van der Waals surface area contributed by atoms with Crippen LogP contribution >= 0.6 is 0 Å². The van der Waals surface area contributed by atoms with Crippen molar-refractivity contribution in [2.24, 2.45) is 0 Å². The molecule has 0 atom stereocenters. The molecule has 0 saturated heterocycles. The summed E-state index contributed by atoms with van der Waals surface area (Å²) in [5.41, 5.74) is 7.99. The molecule has 1 saturated carbocycles. The predicted octanol–water partition coefficient (Wildman–Crippen LogP) is 4.22. The summed E-state index contributed by atoms with van der Waals surface area (Å²) in [4.78, 5) is 2.39. The van der Waals surface area contributed by atoms with Gasteiger partial charge in [0.1, 0.15) is 5.75 Å². The van der Waals surface area contributed by atoms with Crippen LogP contribution in [0.5, 0.6) is 5.75 Å². The minimum absolute atomic E-state index is 0.637. The Morgan fingerprint density at radius 3 is 2.50 bits per heavy atom. The average Bonchev–Trinajstić information content (AvgIpc) is 2.72. The summed E-state index contributed by atoms with van der Waals surface area (Å²) < 4.78 is 5.73. The van der Waals surface area contributed by atoms with Gasteiger partial charge in [0, 0.05) is 36.6 Å². The van der Waals surface area contributed by atoms with Crippen molar-refractivity contribution < 1.29 is 4.74 Å². The third-order valence-corrected chi connectivity index (χ3v) is 4.17. The molecule has 3 heteroatoms. The van der Waals surface area contributed by atoms with Gasteiger partial charge in [-0.2, -0.15) is 0 Å². The molecule has 0 bridgehead atoms. The molecule has 0 unspecified atom stereocenters. The summed E-state index contributed by atoms with van der Waals surface area (Å²) in [6, 6.07) is 6.74. The Kier molecular flexibility index (Phi) is 5.57. The van der Waals surface area contributed by atoms with Crippen LogP contribution in [0.1, 0.15) is 51.9 Å². The third kappa shape index (κ3) is 4.06. The van der Waals surface area contributed by atoms with Crippen molar-refractivity contribution in [2.75, 3.05) is 24.3 Å². The van der Waals surface area contributed by atoms with Gasteiger partial charge in [0.05, 0.1) is 6.61 Å². The second kappa shape index (κ2) is 7.41. The zero-order chi connectivity index (χ0) is 14.4. The highest BCUT2D eigenvalue weighted by molar-refractivity contribution is 5.60. The Bertz CT molecular complexity index is 411. The summed E-state index contributed by atoms with van der Waals surface area (Å²) in [6.07, 6.45) is 9.04. The van der Waals surface area contributed by atoms with Crippen LogP contribution in [0.25, 0.3) is 0 Å². The normalized spacial score (nSPS) is 16.7. The van der Waals surface area contributed by atoms with Gasteiger partial charge in [0.2, 0.25) is 0 Å². The molecule has 1 aliphatic rings. The molecule has 0 aromatic heterocycles. The minimum Gasteiger partial charge on any atom is -0.493 e. The number of rotatable bonds is 5. The minimum atomic E-state index is 0.637. The van der Waals surface area contributed by atoms with Crippen molar-refractivity contribution >= 4 is 11.4 Å². The molecule has 0 spiro atoms. The highest BCUT2D eigenvalue weighted by Crippen LogP contribution is 2.30. The van der Waals surface area contributed by atoms with E-state index >= 15 is 0 Å². The van der Waals surface area contributed by atoms with Gasteiger partial charge in [0.15, 0.2) is 0 Å². The molecule has 3 nitrogen and oxygen atoms in total. The Morgan fingerprint density at radius 2 is 1.85 bits per heavy atom. The molecule has 2 N–H and O–H groups in total. The zero-order valence-electron chi connectivity index (χ0n) is 12.9. The highest BCUT2D eigenvalue weighted by Gasteiger charge is 2.18. The Hall–Kier alpha value is -1.38. The van der Waals surface area contributed by atoms with Crippen LogP contribution in [-0.4, -0.2) is 19.7 Å². The van der Waals surface area contributed by atoms with Crippen molar-refractivity contribution in [2.45, 2.75) is 57.9 Å². The van der Waals surface area contributed by atoms with E-state index in [1.165, 1.54) is 44.2 Å².